The van der Waals surface area contributed by atoms with Crippen LogP contribution in [0.4, 0.5) is 0 Å². The summed E-state index contributed by atoms with van der Waals surface area (Å²) in [6.45, 7) is 1.99. The number of amides is 1. The van der Waals surface area contributed by atoms with Gasteiger partial charge in [0.05, 0.1) is 19.8 Å². The predicted molar refractivity (Wildman–Crippen MR) is 140 cm³/mol. The first-order valence-electron chi connectivity index (χ1n) is 11.7. The Bertz CT molecular complexity index is 1580. The van der Waals surface area contributed by atoms with Crippen molar-refractivity contribution in [2.24, 2.45) is 0 Å². The predicted octanol–water partition coefficient (Wildman–Crippen LogP) is 5.11. The van der Waals surface area contributed by atoms with Crippen LogP contribution in [0.25, 0.3) is 21.8 Å². The number of H-pyrrole nitrogens is 2. The monoisotopic (exact) mass is 481 g/mol. The van der Waals surface area contributed by atoms with Crippen LogP contribution in [0.5, 0.6) is 11.5 Å². The highest BCUT2D eigenvalue weighted by molar-refractivity contribution is 6.45. The van der Waals surface area contributed by atoms with Gasteiger partial charge in [-0.1, -0.05) is 48.5 Å². The third kappa shape index (κ3) is 3.98. The quantitative estimate of drug-likeness (QED) is 0.212. The second kappa shape index (κ2) is 9.62. The average Bonchev–Trinajstić information content (AvgIpc) is 3.48. The number of fused-ring (bicyclic) bond motifs is 2. The molecule has 1 amide bonds. The first-order valence-corrected chi connectivity index (χ1v) is 11.7. The lowest BCUT2D eigenvalue weighted by molar-refractivity contribution is -0.117. The highest BCUT2D eigenvalue weighted by Gasteiger charge is 2.27. The number of ketones is 1. The molecule has 0 aliphatic carbocycles. The standard InChI is InChI=1S/C29H27N3O4/c1-17-26(20-10-5-7-13-24(20)32-17)27(33)29(34)31-16-22(19-11-8-14-25(35-2)28(19)36-3)21-15-30-23-12-6-4-9-18(21)23/h4-15,22,30,32H,16H2,1-3H3,(H,31,34). The second-order valence-corrected chi connectivity index (χ2v) is 8.63. The number of hydrogen-bond donors (Lipinski definition) is 3. The number of Topliss-reactive ketones (excluding diaryl/α,β-unsaturated/α-hetero) is 1. The van der Waals surface area contributed by atoms with E-state index < -0.39 is 11.7 Å². The lowest BCUT2D eigenvalue weighted by Crippen LogP contribution is -2.34. The van der Waals surface area contributed by atoms with Crippen LogP contribution in [0.1, 0.15) is 33.1 Å². The molecule has 0 saturated heterocycles. The molecule has 0 aliphatic heterocycles. The van der Waals surface area contributed by atoms with Crippen LogP contribution in [-0.4, -0.2) is 42.4 Å². The summed E-state index contributed by atoms with van der Waals surface area (Å²) in [5.41, 5.74) is 4.69. The van der Waals surface area contributed by atoms with E-state index in [4.69, 9.17) is 9.47 Å². The summed E-state index contributed by atoms with van der Waals surface area (Å²) >= 11 is 0. The molecule has 0 spiro atoms. The average molecular weight is 482 g/mol. The molecule has 7 nitrogen and oxygen atoms in total. The number of benzene rings is 3. The minimum absolute atomic E-state index is 0.192. The van der Waals surface area contributed by atoms with Gasteiger partial charge in [-0.15, -0.1) is 0 Å². The van der Waals surface area contributed by atoms with E-state index in [2.05, 4.69) is 15.3 Å². The van der Waals surface area contributed by atoms with Crippen LogP contribution >= 0.6 is 0 Å². The molecule has 1 atom stereocenters. The minimum Gasteiger partial charge on any atom is -0.493 e. The SMILES string of the molecule is COc1cccc(C(CNC(=O)C(=O)c2c(C)[nH]c3ccccc23)c2c[nH]c3ccccc23)c1OC. The molecular weight excluding hydrogens is 454 g/mol. The number of methoxy groups -OCH3 is 2. The van der Waals surface area contributed by atoms with Gasteiger partial charge in [0.2, 0.25) is 0 Å². The van der Waals surface area contributed by atoms with Gasteiger partial charge in [-0.2, -0.15) is 0 Å². The molecule has 2 heterocycles. The Hall–Kier alpha value is -4.52. The molecule has 7 heteroatoms. The summed E-state index contributed by atoms with van der Waals surface area (Å²) in [5.74, 6) is -0.346. The van der Waals surface area contributed by atoms with Gasteiger partial charge in [0.1, 0.15) is 0 Å². The van der Waals surface area contributed by atoms with Gasteiger partial charge < -0.3 is 24.8 Å². The molecule has 0 saturated carbocycles. The van der Waals surface area contributed by atoms with Gasteiger partial charge in [0.15, 0.2) is 11.5 Å². The van der Waals surface area contributed by atoms with E-state index >= 15 is 0 Å². The Morgan fingerprint density at radius 1 is 0.861 bits per heavy atom. The zero-order valence-electron chi connectivity index (χ0n) is 20.3. The number of aromatic nitrogens is 2. The normalized spacial score (nSPS) is 12.0. The molecule has 1 unspecified atom stereocenters. The lowest BCUT2D eigenvalue weighted by Gasteiger charge is -2.22. The van der Waals surface area contributed by atoms with Gasteiger partial charge in [0.25, 0.3) is 11.7 Å². The Morgan fingerprint density at radius 2 is 1.58 bits per heavy atom. The van der Waals surface area contributed by atoms with Crippen LogP contribution < -0.4 is 14.8 Å². The maximum Gasteiger partial charge on any atom is 0.292 e. The molecular formula is C29H27N3O4. The van der Waals surface area contributed by atoms with Gasteiger partial charge in [0, 0.05) is 51.7 Å². The fourth-order valence-corrected chi connectivity index (χ4v) is 4.91. The fraction of sp³-hybridized carbons (Fsp3) is 0.172. The van der Waals surface area contributed by atoms with E-state index in [1.165, 1.54) is 0 Å². The summed E-state index contributed by atoms with van der Waals surface area (Å²) < 4.78 is 11.2. The Balaban J connectivity index is 1.51. The van der Waals surface area contributed by atoms with Crippen LogP contribution in [0.2, 0.25) is 0 Å². The topological polar surface area (TPSA) is 96.2 Å². The van der Waals surface area contributed by atoms with Crippen molar-refractivity contribution in [1.82, 2.24) is 15.3 Å². The fourth-order valence-electron chi connectivity index (χ4n) is 4.91. The Morgan fingerprint density at radius 3 is 2.33 bits per heavy atom. The van der Waals surface area contributed by atoms with Crippen molar-refractivity contribution in [1.29, 1.82) is 0 Å². The first-order chi connectivity index (χ1) is 17.5. The molecule has 36 heavy (non-hydrogen) atoms. The highest BCUT2D eigenvalue weighted by atomic mass is 16.5. The maximum atomic E-state index is 13.2. The number of carbonyl (C=O) groups is 2. The third-order valence-corrected chi connectivity index (χ3v) is 6.60. The number of hydrogen-bond acceptors (Lipinski definition) is 4. The summed E-state index contributed by atoms with van der Waals surface area (Å²) in [6, 6.07) is 21.1. The van der Waals surface area contributed by atoms with Crippen LogP contribution in [-0.2, 0) is 4.79 Å². The maximum absolute atomic E-state index is 13.2. The zero-order valence-corrected chi connectivity index (χ0v) is 20.3. The van der Waals surface area contributed by atoms with Crippen LogP contribution in [0, 0.1) is 6.92 Å². The van der Waals surface area contributed by atoms with Crippen molar-refractivity contribution >= 4 is 33.5 Å². The molecule has 0 aliphatic rings. The van der Waals surface area contributed by atoms with Gasteiger partial charge in [-0.05, 0) is 30.7 Å². The van der Waals surface area contributed by atoms with Crippen molar-refractivity contribution in [3.63, 3.8) is 0 Å². The molecule has 3 aromatic carbocycles. The van der Waals surface area contributed by atoms with E-state index in [1.807, 2.05) is 72.9 Å². The number of nitrogens with one attached hydrogen (secondary N) is 3. The van der Waals surface area contributed by atoms with Crippen molar-refractivity contribution in [3.05, 3.63) is 95.3 Å². The molecule has 2 aromatic heterocycles. The van der Waals surface area contributed by atoms with Crippen molar-refractivity contribution in [3.8, 4) is 11.5 Å². The summed E-state index contributed by atoms with van der Waals surface area (Å²) in [4.78, 5) is 32.9. The minimum atomic E-state index is -0.658. The number of carbonyl (C=O) groups excluding carboxylic acids is 2. The number of aromatic amines is 2. The van der Waals surface area contributed by atoms with Crippen LogP contribution in [0.15, 0.2) is 72.9 Å². The Kier molecular flexibility index (Phi) is 6.21. The van der Waals surface area contributed by atoms with Crippen molar-refractivity contribution < 1.29 is 19.1 Å². The summed E-state index contributed by atoms with van der Waals surface area (Å²) in [7, 11) is 3.18. The zero-order chi connectivity index (χ0) is 25.2. The molecule has 3 N–H and O–H groups in total. The van der Waals surface area contributed by atoms with E-state index in [1.54, 1.807) is 21.1 Å². The first kappa shape index (κ1) is 23.2. The number of ether oxygens (including phenoxy) is 2. The smallest absolute Gasteiger partial charge is 0.292 e. The summed E-state index contributed by atoms with van der Waals surface area (Å²) in [5, 5.41) is 4.65. The van der Waals surface area contributed by atoms with E-state index in [9.17, 15) is 9.59 Å². The van der Waals surface area contributed by atoms with Crippen LogP contribution in [0.3, 0.4) is 0 Å². The van der Waals surface area contributed by atoms with Gasteiger partial charge in [-0.25, -0.2) is 0 Å². The molecule has 5 rings (SSSR count). The molecule has 0 bridgehead atoms. The third-order valence-electron chi connectivity index (χ3n) is 6.60. The van der Waals surface area contributed by atoms with Crippen molar-refractivity contribution in [2.75, 3.05) is 20.8 Å². The molecule has 0 radical (unpaired) electrons. The Labute approximate surface area is 208 Å². The number of rotatable bonds is 8. The lowest BCUT2D eigenvalue weighted by atomic mass is 9.89. The van der Waals surface area contributed by atoms with Crippen molar-refractivity contribution in [2.45, 2.75) is 12.8 Å². The largest absolute Gasteiger partial charge is 0.493 e. The van der Waals surface area contributed by atoms with Gasteiger partial charge in [-0.3, -0.25) is 9.59 Å². The van der Waals surface area contributed by atoms with E-state index in [0.717, 1.165) is 32.9 Å². The number of aryl methyl sites for hydroxylation is 1. The van der Waals surface area contributed by atoms with Gasteiger partial charge >= 0.3 is 0 Å². The molecule has 5 aromatic rings. The highest BCUT2D eigenvalue weighted by Crippen LogP contribution is 2.40. The van der Waals surface area contributed by atoms with E-state index in [-0.39, 0.29) is 12.5 Å². The molecule has 0 fully saturated rings. The summed E-state index contributed by atoms with van der Waals surface area (Å²) in [6.07, 6.45) is 1.94. The number of para-hydroxylation sites is 3. The molecule has 182 valence electrons. The second-order valence-electron chi connectivity index (χ2n) is 8.63. The van der Waals surface area contributed by atoms with E-state index in [0.29, 0.717) is 22.8 Å².